The van der Waals surface area contributed by atoms with Gasteiger partial charge in [-0.3, -0.25) is 87.1 Å². The van der Waals surface area contributed by atoms with Gasteiger partial charge in [0, 0.05) is 125 Å². The number of nitrogens with zero attached hydrogens (tertiary/aromatic N) is 5. The molecule has 12 atom stereocenters. The molecule has 3 aliphatic rings. The molecule has 0 saturated carbocycles. The molecule has 2 aromatic heterocycles. The molecule has 140 heavy (non-hydrogen) atoms. The number of rotatable bonds is 58. The summed E-state index contributed by atoms with van der Waals surface area (Å²) in [5.74, 6) is -12.3. The molecule has 2 saturated heterocycles. The van der Waals surface area contributed by atoms with Crippen LogP contribution in [-0.4, -0.2) is 292 Å². The molecule has 4 aromatic rings. The van der Waals surface area contributed by atoms with Crippen LogP contribution in [-0.2, 0) is 105 Å². The van der Waals surface area contributed by atoms with Crippen molar-refractivity contribution in [1.29, 1.82) is 5.41 Å². The maximum atomic E-state index is 15.4. The van der Waals surface area contributed by atoms with E-state index in [9.17, 15) is 67.7 Å². The van der Waals surface area contributed by atoms with Gasteiger partial charge in [-0.2, -0.15) is 0 Å². The number of benzene rings is 2. The number of tetrazole rings is 1. The summed E-state index contributed by atoms with van der Waals surface area (Å²) in [5, 5.41) is 82.2. The number of nitrogens with one attached hydrogen (secondary N) is 17. The van der Waals surface area contributed by atoms with Gasteiger partial charge < -0.3 is 115 Å². The molecule has 7 rings (SSSR count). The van der Waals surface area contributed by atoms with E-state index < -0.39 is 201 Å². The van der Waals surface area contributed by atoms with Crippen molar-refractivity contribution in [3.8, 4) is 0 Å². The number of fused-ring (bicyclic) bond motifs is 2. The number of nitrogens with two attached hydrogens (primary N) is 2. The highest BCUT2D eigenvalue weighted by Gasteiger charge is 2.44. The van der Waals surface area contributed by atoms with Crippen LogP contribution in [0.25, 0.3) is 10.9 Å². The number of ether oxygens (including phenoxy) is 2. The number of aromatic amines is 2. The second-order valence-corrected chi connectivity index (χ2v) is 36.2. The summed E-state index contributed by atoms with van der Waals surface area (Å²) < 4.78 is 11.0. The number of amides is 14. The molecule has 772 valence electrons. The van der Waals surface area contributed by atoms with E-state index in [0.29, 0.717) is 55.5 Å². The van der Waals surface area contributed by atoms with E-state index in [2.05, 4.69) is 105 Å². The molecule has 2 aromatic carbocycles. The molecule has 14 amide bonds. The molecule has 23 N–H and O–H groups in total. The van der Waals surface area contributed by atoms with Crippen molar-refractivity contribution < 1.29 is 96.4 Å². The normalized spacial score (nSPS) is 19.1. The Morgan fingerprint density at radius 3 is 1.91 bits per heavy atom. The molecule has 5 heterocycles. The topological polar surface area (TPSA) is 662 Å². The summed E-state index contributed by atoms with van der Waals surface area (Å²) in [5.41, 5.74) is 13.4. The predicted molar refractivity (Wildman–Crippen MR) is 519 cm³/mol. The second kappa shape index (κ2) is 63.9. The molecule has 0 radical (unpaired) electrons. The summed E-state index contributed by atoms with van der Waals surface area (Å²) in [6.45, 7) is 4.43. The molecular formula is C96H148N24O20. The number of Topliss-reactive ketones (excluding diaryl/α,β-unsaturated/α-hetero) is 2. The number of allylic oxidation sites excluding steroid dienone is 1. The minimum absolute atomic E-state index is 0.0132. The monoisotopic (exact) mass is 1960 g/mol. The van der Waals surface area contributed by atoms with E-state index in [1.807, 2.05) is 24.3 Å². The molecule has 0 bridgehead atoms. The lowest BCUT2D eigenvalue weighted by atomic mass is 9.99. The van der Waals surface area contributed by atoms with Gasteiger partial charge in [0.1, 0.15) is 78.6 Å². The lowest BCUT2D eigenvalue weighted by Gasteiger charge is -2.31. The fourth-order valence-electron chi connectivity index (χ4n) is 16.4. The lowest BCUT2D eigenvalue weighted by molar-refractivity contribution is -0.143. The number of aromatic nitrogens is 5. The highest BCUT2D eigenvalue weighted by Crippen LogP contribution is 2.25. The Morgan fingerprint density at radius 2 is 1.24 bits per heavy atom. The number of unbranched alkanes of at least 4 members (excludes halogenated alkanes) is 13. The Morgan fingerprint density at radius 1 is 0.607 bits per heavy atom. The minimum atomic E-state index is -1.88. The van der Waals surface area contributed by atoms with Crippen molar-refractivity contribution in [2.45, 2.75) is 325 Å². The minimum Gasteiger partial charge on any atom is -0.394 e. The number of H-pyrrole nitrogens is 2. The molecule has 3 aliphatic heterocycles. The van der Waals surface area contributed by atoms with Crippen LogP contribution in [0.3, 0.4) is 0 Å². The zero-order chi connectivity index (χ0) is 102. The number of aliphatic hydroxyl groups is 2. The van der Waals surface area contributed by atoms with E-state index in [1.54, 1.807) is 63.4 Å². The van der Waals surface area contributed by atoms with Gasteiger partial charge in [0.2, 0.25) is 82.7 Å². The number of carbonyl (C=O) groups is 16. The molecule has 0 spiro atoms. The first-order valence-corrected chi connectivity index (χ1v) is 49.3. The van der Waals surface area contributed by atoms with Gasteiger partial charge >= 0.3 is 0 Å². The number of hydrogen-bond acceptors (Lipinski definition) is 26. The fraction of sp³-hybridized carbons (Fsp3) is 0.635. The maximum absolute atomic E-state index is 15.4. The van der Waals surface area contributed by atoms with Gasteiger partial charge in [0.15, 0.2) is 11.7 Å². The van der Waals surface area contributed by atoms with E-state index >= 15 is 19.2 Å². The zero-order valence-corrected chi connectivity index (χ0v) is 81.2. The van der Waals surface area contributed by atoms with Crippen LogP contribution in [0, 0.1) is 5.41 Å². The van der Waals surface area contributed by atoms with Crippen molar-refractivity contribution in [1.82, 2.24) is 105 Å². The molecule has 44 nitrogen and oxygen atoms in total. The number of guanidine groups is 1. The summed E-state index contributed by atoms with van der Waals surface area (Å²) in [6, 6.07) is -1.17. The SMILES string of the molecule is CCCC[C@H](NC(=O)[C@@H](CO)NC(=O)[C@H](CC1=CCC=N1)NC(=O)[C@H](CCC(N)=O)NC(=O)[C@H](CNC(C)C)NC(=O)CNC(=O)COCCOCCNC(=O)CCCCCCCCCCCCCCCc1nnn[nH]1)C(=O)N[C@H]1CCC(=O)CCCCC[C@@H](C(C)=O)NC(=O)[C@H](Cc2c[nH]c3ccccc23)NC(=O)[C@H](CCCNC(=N)N)NC(=O)[C@@H](Cc2ccccc2)NC(=O)[C@@H]2C[C@@H](O)CN2C1=O. The molecular weight excluding hydrogens is 1810 g/mol. The number of para-hydroxylation sites is 1. The quantitative estimate of drug-likeness (QED) is 0.0164. The van der Waals surface area contributed by atoms with Crippen LogP contribution in [0.1, 0.15) is 244 Å². The van der Waals surface area contributed by atoms with Crippen molar-refractivity contribution >= 4 is 117 Å². The van der Waals surface area contributed by atoms with Crippen molar-refractivity contribution in [2.75, 3.05) is 65.8 Å². The van der Waals surface area contributed by atoms with Crippen molar-refractivity contribution in [2.24, 2.45) is 16.5 Å². The number of aliphatic hydroxyl groups excluding tert-OH is 2. The number of ketones is 2. The van der Waals surface area contributed by atoms with Crippen LogP contribution in [0.5, 0.6) is 0 Å². The van der Waals surface area contributed by atoms with Crippen LogP contribution < -0.4 is 85.9 Å². The average Bonchev–Trinajstić information content (AvgIpc) is 1.65. The third-order valence-corrected chi connectivity index (χ3v) is 24.3. The number of aryl methyl sites for hydroxylation is 1. The Bertz CT molecular complexity index is 4710. The van der Waals surface area contributed by atoms with Crippen molar-refractivity contribution in [3.05, 3.63) is 89.5 Å². The van der Waals surface area contributed by atoms with E-state index in [0.717, 1.165) is 60.2 Å². The van der Waals surface area contributed by atoms with Gasteiger partial charge in [-0.05, 0) is 92.3 Å². The third-order valence-electron chi connectivity index (χ3n) is 24.3. The van der Waals surface area contributed by atoms with Gasteiger partial charge in [-0.25, -0.2) is 5.10 Å². The lowest BCUT2D eigenvalue weighted by Crippen LogP contribution is -2.61. The summed E-state index contributed by atoms with van der Waals surface area (Å²) >= 11 is 0. The first-order chi connectivity index (χ1) is 67.4. The van der Waals surface area contributed by atoms with Crippen LogP contribution in [0.15, 0.2) is 77.6 Å². The predicted octanol–water partition coefficient (Wildman–Crippen LogP) is 0.606. The van der Waals surface area contributed by atoms with Gasteiger partial charge in [0.25, 0.3) is 0 Å². The first kappa shape index (κ1) is 114. The van der Waals surface area contributed by atoms with Gasteiger partial charge in [0.05, 0.1) is 45.1 Å². The number of carbonyl (C=O) groups excluding carboxylic acids is 16. The Kier molecular flexibility index (Phi) is 52.2. The smallest absolute Gasteiger partial charge is 0.246 e. The first-order valence-electron chi connectivity index (χ1n) is 49.3. The Hall–Kier alpha value is -12.6. The van der Waals surface area contributed by atoms with Crippen LogP contribution in [0.4, 0.5) is 0 Å². The third kappa shape index (κ3) is 43.5. The Labute approximate surface area is 816 Å². The van der Waals surface area contributed by atoms with Gasteiger partial charge in [-0.1, -0.05) is 172 Å². The van der Waals surface area contributed by atoms with E-state index in [-0.39, 0.29) is 134 Å². The summed E-state index contributed by atoms with van der Waals surface area (Å²) in [4.78, 5) is 235. The molecule has 44 heteroatoms. The molecule has 0 unspecified atom stereocenters. The number of hydrogen-bond donors (Lipinski definition) is 21. The second-order valence-electron chi connectivity index (χ2n) is 36.2. The average molecular weight is 1960 g/mol. The van der Waals surface area contributed by atoms with Crippen LogP contribution >= 0.6 is 0 Å². The fourth-order valence-corrected chi connectivity index (χ4v) is 16.4. The summed E-state index contributed by atoms with van der Waals surface area (Å²) in [6.07, 6.45) is 19.1. The number of aliphatic imine (C=N–C) groups is 1. The van der Waals surface area contributed by atoms with Gasteiger partial charge in [-0.15, -0.1) is 5.10 Å². The van der Waals surface area contributed by atoms with E-state index in [1.165, 1.54) is 64.5 Å². The van der Waals surface area contributed by atoms with Crippen molar-refractivity contribution in [3.63, 3.8) is 0 Å². The van der Waals surface area contributed by atoms with E-state index in [4.69, 9.17) is 26.4 Å². The zero-order valence-electron chi connectivity index (χ0n) is 81.2. The highest BCUT2D eigenvalue weighted by atomic mass is 16.5. The molecule has 0 aliphatic carbocycles. The van der Waals surface area contributed by atoms with Crippen LogP contribution in [0.2, 0.25) is 0 Å². The Balaban J connectivity index is 0.968. The number of primary amides is 1. The maximum Gasteiger partial charge on any atom is 0.246 e. The standard InChI is InChI=1S/C96H148N24O20/c1-5-6-35-71(86(129)111-74-42-41-66(123)33-22-19-23-36-69(62(4)122)107-90(133)76(52-64-55-104-70-37-27-26-34-68(64)70)112-87(130)72(38-29-46-102-96(98)99)108-89(132)75(51-63-30-20-18-21-31-63)114-94(137)80-54-67(124)58-120(80)95(74)138)109-93(136)79(59-121)115-91(134)77(53-65-32-28-45-100-65)113-88(131)73(43-44-81(97)125)110-92(135)78(56-103-61(2)3)106-84(127)57-105-85(128)60-140-50-49-139-48-47-101-83(126)40-25-17-15-13-11-9-7-8-10-12-14-16-24-39-82-116-118-119-117-82/h18,20-21,26-27,30-32,34,37,45,55,61,67,69,71-80,103-104,121,124H,5-17,19,22-25,28-29,33,35-36,38-44,46-54,56-60H2,1-4H3,(H2,97,125)(H,101,126)(H,105,128)(H,106,127)(H,107,133)(H,108,132)(H,109,136)(H,110,135)(H,111,129)(H,112,130)(H,113,131)(H,114,137)(H,115,134)(H4,98,99,102)(H,116,117,118,119)/t67-,69+,71+,72+,73+,74+,75-,76+,77+,78+,79-,80+/m1/s1. The highest BCUT2D eigenvalue weighted by molar-refractivity contribution is 6.01. The summed E-state index contributed by atoms with van der Waals surface area (Å²) in [7, 11) is 0. The largest absolute Gasteiger partial charge is 0.394 e. The molecule has 2 fully saturated rings.